The predicted molar refractivity (Wildman–Crippen MR) is 136 cm³/mol. The molecule has 3 aromatic rings. The molecule has 0 amide bonds. The average Bonchev–Trinajstić information content (AvgIpc) is 3.30. The maximum atomic E-state index is 13.0. The Hall–Kier alpha value is -3.59. The molecule has 0 saturated heterocycles. The van der Waals surface area contributed by atoms with E-state index in [1.165, 1.54) is 18.0 Å². The van der Waals surface area contributed by atoms with E-state index in [4.69, 9.17) is 14.2 Å². The molecule has 8 nitrogen and oxygen atoms in total. The summed E-state index contributed by atoms with van der Waals surface area (Å²) in [6, 6.07) is 11.4. The van der Waals surface area contributed by atoms with Crippen molar-refractivity contribution < 1.29 is 19.0 Å². The summed E-state index contributed by atoms with van der Waals surface area (Å²) in [5, 5.41) is 7.50. The van der Waals surface area contributed by atoms with Crippen LogP contribution >= 0.6 is 15.9 Å². The molecule has 0 aliphatic carbocycles. The second kappa shape index (κ2) is 10.8. The van der Waals surface area contributed by atoms with Crippen molar-refractivity contribution in [1.29, 1.82) is 0 Å². The molecular formula is C26H27BrN4O4. The number of carbonyl (C=O) groups is 1. The molecule has 1 unspecified atom stereocenters. The van der Waals surface area contributed by atoms with E-state index >= 15 is 0 Å². The van der Waals surface area contributed by atoms with Crippen molar-refractivity contribution in [2.24, 2.45) is 0 Å². The lowest BCUT2D eigenvalue weighted by Gasteiger charge is -2.29. The first-order valence-electron chi connectivity index (χ1n) is 11.2. The van der Waals surface area contributed by atoms with E-state index in [1.807, 2.05) is 45.0 Å². The zero-order chi connectivity index (χ0) is 24.9. The quantitative estimate of drug-likeness (QED) is 0.290. The molecule has 1 N–H and O–H groups in total. The minimum atomic E-state index is -0.576. The van der Waals surface area contributed by atoms with Gasteiger partial charge in [0.15, 0.2) is 11.5 Å². The van der Waals surface area contributed by atoms with Crippen LogP contribution in [0, 0.1) is 6.92 Å². The second-order valence-electron chi connectivity index (χ2n) is 8.02. The number of halogens is 1. The Bertz CT molecular complexity index is 1270. The van der Waals surface area contributed by atoms with Gasteiger partial charge in [-0.1, -0.05) is 42.5 Å². The zero-order valence-electron chi connectivity index (χ0n) is 19.9. The van der Waals surface area contributed by atoms with Crippen LogP contribution in [0.3, 0.4) is 0 Å². The number of carbonyl (C=O) groups excluding carboxylic acids is 1. The number of hydrogen-bond donors (Lipinski definition) is 1. The summed E-state index contributed by atoms with van der Waals surface area (Å²) in [5.41, 5.74) is 4.06. The maximum absolute atomic E-state index is 13.0. The monoisotopic (exact) mass is 538 g/mol. The molecule has 0 saturated carbocycles. The highest BCUT2D eigenvalue weighted by molar-refractivity contribution is 9.10. The van der Waals surface area contributed by atoms with Gasteiger partial charge in [-0.3, -0.25) is 0 Å². The number of fused-ring (bicyclic) bond motifs is 1. The molecule has 2 heterocycles. The fourth-order valence-electron chi connectivity index (χ4n) is 3.86. The van der Waals surface area contributed by atoms with E-state index < -0.39 is 12.0 Å². The van der Waals surface area contributed by atoms with Crippen LogP contribution in [0.15, 0.2) is 71.1 Å². The summed E-state index contributed by atoms with van der Waals surface area (Å²) < 4.78 is 19.8. The number of anilines is 1. The van der Waals surface area contributed by atoms with Gasteiger partial charge in [-0.2, -0.15) is 10.1 Å². The van der Waals surface area contributed by atoms with Crippen LogP contribution in [-0.2, 0) is 16.1 Å². The molecule has 0 fully saturated rings. The Balaban J connectivity index is 1.74. The van der Waals surface area contributed by atoms with Crippen molar-refractivity contribution in [1.82, 2.24) is 14.8 Å². The van der Waals surface area contributed by atoms with E-state index in [1.54, 1.807) is 4.68 Å². The van der Waals surface area contributed by atoms with Gasteiger partial charge in [0.05, 0.1) is 16.7 Å². The second-order valence-corrected chi connectivity index (χ2v) is 8.87. The molecule has 0 bridgehead atoms. The molecule has 182 valence electrons. The number of benzene rings is 2. The minimum Gasteiger partial charge on any atom is -0.490 e. The van der Waals surface area contributed by atoms with Crippen molar-refractivity contribution in [3.63, 3.8) is 0 Å². The van der Waals surface area contributed by atoms with E-state index in [0.717, 1.165) is 11.1 Å². The van der Waals surface area contributed by atoms with E-state index in [-0.39, 0.29) is 6.61 Å². The molecule has 0 spiro atoms. The summed E-state index contributed by atoms with van der Waals surface area (Å²) >= 11 is 3.65. The Morgan fingerprint density at radius 1 is 1.23 bits per heavy atom. The average molecular weight is 539 g/mol. The van der Waals surface area contributed by atoms with Gasteiger partial charge in [-0.25, -0.2) is 9.48 Å². The summed E-state index contributed by atoms with van der Waals surface area (Å²) in [5.74, 6) is 1.21. The Morgan fingerprint density at radius 2 is 2.00 bits per heavy atom. The van der Waals surface area contributed by atoms with Gasteiger partial charge in [0.2, 0.25) is 5.95 Å². The number of rotatable bonds is 9. The van der Waals surface area contributed by atoms with E-state index in [0.29, 0.717) is 46.4 Å². The van der Waals surface area contributed by atoms with Crippen LogP contribution in [0.25, 0.3) is 0 Å². The first kappa shape index (κ1) is 24.5. The SMILES string of the molecule is C=CCOC(=O)C1=C(C)Nc2ncnn2C1c1cc(Br)c(OCc2ccc(C)cc2)c(OCC)c1. The molecule has 35 heavy (non-hydrogen) atoms. The lowest BCUT2D eigenvalue weighted by molar-refractivity contribution is -0.138. The van der Waals surface area contributed by atoms with Crippen LogP contribution in [0.5, 0.6) is 11.5 Å². The van der Waals surface area contributed by atoms with Gasteiger partial charge in [0, 0.05) is 5.70 Å². The van der Waals surface area contributed by atoms with Gasteiger partial charge in [-0.15, -0.1) is 0 Å². The molecule has 2 aromatic carbocycles. The Morgan fingerprint density at radius 3 is 2.71 bits per heavy atom. The summed E-state index contributed by atoms with van der Waals surface area (Å²) in [7, 11) is 0. The van der Waals surface area contributed by atoms with Crippen LogP contribution < -0.4 is 14.8 Å². The third-order valence-electron chi connectivity index (χ3n) is 5.50. The smallest absolute Gasteiger partial charge is 0.338 e. The number of aryl methyl sites for hydroxylation is 1. The van der Waals surface area contributed by atoms with Gasteiger partial charge in [0.25, 0.3) is 0 Å². The summed E-state index contributed by atoms with van der Waals surface area (Å²) in [6.45, 7) is 10.3. The highest BCUT2D eigenvalue weighted by Crippen LogP contribution is 2.43. The normalized spacial score (nSPS) is 14.7. The Labute approximate surface area is 212 Å². The standard InChI is InChI=1S/C26H27BrN4O4/c1-5-11-34-25(32)22-17(4)30-26-28-15-29-31(26)23(22)19-12-20(27)24(21(13-19)33-6-2)35-14-18-9-7-16(3)8-10-18/h5,7-10,12-13,15,23H,1,6,11,14H2,2-4H3,(H,28,29,30). The number of hydrogen-bond acceptors (Lipinski definition) is 7. The number of esters is 1. The lowest BCUT2D eigenvalue weighted by Crippen LogP contribution is -2.29. The van der Waals surface area contributed by atoms with Crippen molar-refractivity contribution >= 4 is 27.8 Å². The number of ether oxygens (including phenoxy) is 3. The first-order chi connectivity index (χ1) is 16.9. The molecular weight excluding hydrogens is 512 g/mol. The fourth-order valence-corrected chi connectivity index (χ4v) is 4.44. The van der Waals surface area contributed by atoms with Gasteiger partial charge in [-0.05, 0) is 60.0 Å². The van der Waals surface area contributed by atoms with Crippen molar-refractivity contribution in [3.8, 4) is 11.5 Å². The van der Waals surface area contributed by atoms with Gasteiger partial charge < -0.3 is 19.5 Å². The van der Waals surface area contributed by atoms with Gasteiger partial charge >= 0.3 is 5.97 Å². The molecule has 1 aliphatic heterocycles. The highest BCUT2D eigenvalue weighted by Gasteiger charge is 2.35. The number of nitrogens with one attached hydrogen (secondary N) is 1. The van der Waals surface area contributed by atoms with Crippen LogP contribution in [-0.4, -0.2) is 33.9 Å². The van der Waals surface area contributed by atoms with E-state index in [2.05, 4.69) is 50.0 Å². The zero-order valence-corrected chi connectivity index (χ0v) is 21.5. The first-order valence-corrected chi connectivity index (χ1v) is 12.0. The molecule has 0 radical (unpaired) electrons. The van der Waals surface area contributed by atoms with Crippen molar-refractivity contribution in [3.05, 3.63) is 87.8 Å². The maximum Gasteiger partial charge on any atom is 0.338 e. The number of allylic oxidation sites excluding steroid dienone is 1. The molecule has 1 atom stereocenters. The molecule has 4 rings (SSSR count). The number of aromatic nitrogens is 3. The lowest BCUT2D eigenvalue weighted by atomic mass is 9.95. The van der Waals surface area contributed by atoms with Crippen molar-refractivity contribution in [2.45, 2.75) is 33.4 Å². The molecule has 1 aliphatic rings. The van der Waals surface area contributed by atoms with Crippen LogP contribution in [0.1, 0.15) is 36.6 Å². The van der Waals surface area contributed by atoms with Crippen LogP contribution in [0.2, 0.25) is 0 Å². The molecule has 9 heteroatoms. The fraction of sp³-hybridized carbons (Fsp3) is 0.269. The largest absolute Gasteiger partial charge is 0.490 e. The number of nitrogens with zero attached hydrogens (tertiary/aromatic N) is 3. The van der Waals surface area contributed by atoms with Crippen LogP contribution in [0.4, 0.5) is 5.95 Å². The Kier molecular flexibility index (Phi) is 7.55. The highest BCUT2D eigenvalue weighted by atomic mass is 79.9. The third kappa shape index (κ3) is 5.24. The van der Waals surface area contributed by atoms with Gasteiger partial charge in [0.1, 0.15) is 25.6 Å². The predicted octanol–water partition coefficient (Wildman–Crippen LogP) is 5.34. The summed E-state index contributed by atoms with van der Waals surface area (Å²) in [4.78, 5) is 17.3. The van der Waals surface area contributed by atoms with E-state index in [9.17, 15) is 4.79 Å². The third-order valence-corrected chi connectivity index (χ3v) is 6.09. The topological polar surface area (TPSA) is 87.5 Å². The summed E-state index contributed by atoms with van der Waals surface area (Å²) in [6.07, 6.45) is 2.97. The minimum absolute atomic E-state index is 0.103. The van der Waals surface area contributed by atoms with Crippen molar-refractivity contribution in [2.75, 3.05) is 18.5 Å². The molecule has 1 aromatic heterocycles.